The molecule has 9 nitrogen and oxygen atoms in total. The van der Waals surface area contributed by atoms with Crippen molar-refractivity contribution in [1.29, 1.82) is 0 Å². The molecule has 0 spiro atoms. The average molecular weight is 448 g/mol. The Kier molecular flexibility index (Phi) is 7.45. The van der Waals surface area contributed by atoms with E-state index in [-0.39, 0.29) is 12.5 Å². The van der Waals surface area contributed by atoms with Crippen LogP contribution >= 0.6 is 11.3 Å². The van der Waals surface area contributed by atoms with E-state index in [0.29, 0.717) is 12.4 Å². The van der Waals surface area contributed by atoms with E-state index in [4.69, 9.17) is 9.47 Å². The largest absolute Gasteiger partial charge is 0.468 e. The van der Waals surface area contributed by atoms with Crippen LogP contribution in [0.25, 0.3) is 11.3 Å². The van der Waals surface area contributed by atoms with Gasteiger partial charge in [0.05, 0.1) is 12.2 Å². The molecule has 3 rings (SSSR count). The summed E-state index contributed by atoms with van der Waals surface area (Å²) in [6.07, 6.45) is 1.19. The zero-order valence-corrected chi connectivity index (χ0v) is 19.2. The number of amides is 2. The second kappa shape index (κ2) is 10.1. The Hall–Kier alpha value is -2.72. The fourth-order valence-corrected chi connectivity index (χ4v) is 3.63. The van der Waals surface area contributed by atoms with Gasteiger partial charge in [-0.05, 0) is 33.9 Å². The molecular formula is C21H29N5O4S. The Bertz CT molecular complexity index is 886. The van der Waals surface area contributed by atoms with Crippen molar-refractivity contribution in [2.45, 2.75) is 32.9 Å². The highest BCUT2D eigenvalue weighted by Crippen LogP contribution is 2.23. The molecule has 10 heteroatoms. The van der Waals surface area contributed by atoms with Gasteiger partial charge in [-0.1, -0.05) is 0 Å². The van der Waals surface area contributed by atoms with Crippen LogP contribution in [0.4, 0.5) is 4.79 Å². The minimum Gasteiger partial charge on any atom is -0.468 e. The summed E-state index contributed by atoms with van der Waals surface area (Å²) >= 11 is 1.44. The van der Waals surface area contributed by atoms with Crippen molar-refractivity contribution in [1.82, 2.24) is 25.1 Å². The molecule has 0 bridgehead atoms. The molecule has 0 aromatic carbocycles. The van der Waals surface area contributed by atoms with Crippen molar-refractivity contribution in [3.63, 3.8) is 0 Å². The minimum atomic E-state index is -0.539. The van der Waals surface area contributed by atoms with Crippen LogP contribution in [0.5, 0.6) is 5.88 Å². The van der Waals surface area contributed by atoms with Gasteiger partial charge in [-0.15, -0.1) is 11.3 Å². The van der Waals surface area contributed by atoms with E-state index in [9.17, 15) is 9.59 Å². The molecule has 1 fully saturated rings. The Labute approximate surface area is 186 Å². The van der Waals surface area contributed by atoms with Gasteiger partial charge < -0.3 is 24.6 Å². The van der Waals surface area contributed by atoms with Gasteiger partial charge in [-0.2, -0.15) is 0 Å². The topological polar surface area (TPSA) is 96.9 Å². The Morgan fingerprint density at radius 3 is 2.58 bits per heavy atom. The molecule has 2 amide bonds. The number of pyridine rings is 1. The van der Waals surface area contributed by atoms with Crippen LogP contribution in [-0.4, -0.2) is 77.2 Å². The molecule has 1 aliphatic heterocycles. The first-order valence-electron chi connectivity index (χ1n) is 10.2. The van der Waals surface area contributed by atoms with E-state index in [1.807, 2.05) is 44.2 Å². The van der Waals surface area contributed by atoms with Gasteiger partial charge in [0, 0.05) is 49.4 Å². The van der Waals surface area contributed by atoms with Gasteiger partial charge in [-0.25, -0.2) is 14.8 Å². The maximum Gasteiger partial charge on any atom is 0.408 e. The fraction of sp³-hybridized carbons (Fsp3) is 0.524. The number of ether oxygens (including phenoxy) is 2. The van der Waals surface area contributed by atoms with Crippen molar-refractivity contribution in [3.8, 4) is 17.1 Å². The van der Waals surface area contributed by atoms with Crippen molar-refractivity contribution in [2.24, 2.45) is 0 Å². The van der Waals surface area contributed by atoms with Crippen LogP contribution in [0.2, 0.25) is 0 Å². The smallest absolute Gasteiger partial charge is 0.408 e. The van der Waals surface area contributed by atoms with Crippen molar-refractivity contribution >= 4 is 23.3 Å². The highest BCUT2D eigenvalue weighted by Gasteiger charge is 2.19. The summed E-state index contributed by atoms with van der Waals surface area (Å²) in [4.78, 5) is 36.8. The first-order chi connectivity index (χ1) is 14.7. The molecule has 0 atom stereocenters. The van der Waals surface area contributed by atoms with Crippen LogP contribution in [0.3, 0.4) is 0 Å². The summed E-state index contributed by atoms with van der Waals surface area (Å²) in [5.41, 5.74) is 1.05. The highest BCUT2D eigenvalue weighted by molar-refractivity contribution is 7.09. The molecule has 2 aromatic rings. The molecule has 0 unspecified atom stereocenters. The van der Waals surface area contributed by atoms with Gasteiger partial charge in [0.2, 0.25) is 5.88 Å². The van der Waals surface area contributed by atoms with Crippen molar-refractivity contribution in [3.05, 3.63) is 28.7 Å². The number of nitrogens with zero attached hydrogens (tertiary/aromatic N) is 4. The number of hydrogen-bond donors (Lipinski definition) is 1. The van der Waals surface area contributed by atoms with Crippen LogP contribution in [0.15, 0.2) is 23.7 Å². The van der Waals surface area contributed by atoms with E-state index >= 15 is 0 Å². The number of alkyl carbamates (subject to hydrolysis) is 1. The van der Waals surface area contributed by atoms with Crippen molar-refractivity contribution < 1.29 is 19.1 Å². The highest BCUT2D eigenvalue weighted by atomic mass is 32.1. The summed E-state index contributed by atoms with van der Waals surface area (Å²) in [5, 5.41) is 5.36. The molecule has 3 heterocycles. The van der Waals surface area contributed by atoms with Gasteiger partial charge in [-0.3, -0.25) is 4.79 Å². The SMILES string of the molecule is CN1CCN(C(=O)COc2ccc(-c3csc(CNC(=O)OC(C)(C)C)n3)cn2)CC1. The number of rotatable bonds is 6. The second-order valence-electron chi connectivity index (χ2n) is 8.34. The van der Waals surface area contributed by atoms with Crippen molar-refractivity contribution in [2.75, 3.05) is 39.8 Å². The number of piperazine rings is 1. The van der Waals surface area contributed by atoms with Crippen LogP contribution in [0.1, 0.15) is 25.8 Å². The predicted molar refractivity (Wildman–Crippen MR) is 118 cm³/mol. The number of thiazole rings is 1. The fourth-order valence-electron chi connectivity index (χ4n) is 2.89. The lowest BCUT2D eigenvalue weighted by molar-refractivity contribution is -0.135. The van der Waals surface area contributed by atoms with Gasteiger partial charge >= 0.3 is 6.09 Å². The van der Waals surface area contributed by atoms with Gasteiger partial charge in [0.15, 0.2) is 6.61 Å². The molecule has 0 radical (unpaired) electrons. The maximum absolute atomic E-state index is 12.3. The minimum absolute atomic E-state index is 0.0206. The Morgan fingerprint density at radius 1 is 1.19 bits per heavy atom. The Balaban J connectivity index is 1.48. The first-order valence-corrected chi connectivity index (χ1v) is 11.0. The number of carbonyl (C=O) groups excluding carboxylic acids is 2. The number of aromatic nitrogens is 2. The number of hydrogen-bond acceptors (Lipinski definition) is 8. The third kappa shape index (κ3) is 7.18. The third-order valence-corrected chi connectivity index (χ3v) is 5.42. The van der Waals surface area contributed by atoms with Crippen LogP contribution in [-0.2, 0) is 16.1 Å². The standard InChI is InChI=1S/C21H29N5O4S/c1-21(2,3)30-20(28)23-12-18-24-16(14-31-18)15-5-6-17(22-11-15)29-13-19(27)26-9-7-25(4)8-10-26/h5-6,11,14H,7-10,12-13H2,1-4H3,(H,23,28). The van der Waals surface area contributed by atoms with E-state index in [2.05, 4.69) is 20.2 Å². The van der Waals surface area contributed by atoms with E-state index in [1.54, 1.807) is 12.3 Å². The summed E-state index contributed by atoms with van der Waals surface area (Å²) in [6.45, 7) is 8.92. The lowest BCUT2D eigenvalue weighted by Gasteiger charge is -2.32. The summed E-state index contributed by atoms with van der Waals surface area (Å²) in [6, 6.07) is 3.58. The number of likely N-dealkylation sites (N-methyl/N-ethyl adjacent to an activating group) is 1. The average Bonchev–Trinajstić information content (AvgIpc) is 3.19. The van der Waals surface area contributed by atoms with Gasteiger partial charge in [0.25, 0.3) is 5.91 Å². The quantitative estimate of drug-likeness (QED) is 0.726. The molecule has 0 aliphatic carbocycles. The van der Waals surface area contributed by atoms with E-state index in [0.717, 1.165) is 42.4 Å². The van der Waals surface area contributed by atoms with Crippen LogP contribution < -0.4 is 10.1 Å². The first kappa shape index (κ1) is 23.0. The monoisotopic (exact) mass is 447 g/mol. The third-order valence-electron chi connectivity index (χ3n) is 4.57. The summed E-state index contributed by atoms with van der Waals surface area (Å²) < 4.78 is 10.8. The zero-order chi connectivity index (χ0) is 22.4. The number of nitrogens with one attached hydrogen (secondary N) is 1. The molecule has 1 N–H and O–H groups in total. The second-order valence-corrected chi connectivity index (χ2v) is 9.28. The lowest BCUT2D eigenvalue weighted by atomic mass is 10.2. The molecular weight excluding hydrogens is 418 g/mol. The molecule has 0 saturated carbocycles. The van der Waals surface area contributed by atoms with Gasteiger partial charge in [0.1, 0.15) is 10.6 Å². The maximum atomic E-state index is 12.3. The molecule has 1 aliphatic rings. The van der Waals surface area contributed by atoms with E-state index in [1.165, 1.54) is 11.3 Å². The lowest BCUT2D eigenvalue weighted by Crippen LogP contribution is -2.48. The summed E-state index contributed by atoms with van der Waals surface area (Å²) in [7, 11) is 2.05. The normalized spacial score (nSPS) is 14.9. The predicted octanol–water partition coefficient (Wildman–Crippen LogP) is 2.38. The molecule has 31 heavy (non-hydrogen) atoms. The molecule has 1 saturated heterocycles. The molecule has 168 valence electrons. The zero-order valence-electron chi connectivity index (χ0n) is 18.4. The molecule has 2 aromatic heterocycles. The Morgan fingerprint density at radius 2 is 1.94 bits per heavy atom. The summed E-state index contributed by atoms with van der Waals surface area (Å²) in [5.74, 6) is 0.369. The number of carbonyl (C=O) groups is 2. The van der Waals surface area contributed by atoms with Crippen LogP contribution in [0, 0.1) is 0 Å². The van der Waals surface area contributed by atoms with E-state index < -0.39 is 11.7 Å².